The predicted molar refractivity (Wildman–Crippen MR) is 143 cm³/mol. The molecule has 1 fully saturated rings. The summed E-state index contributed by atoms with van der Waals surface area (Å²) in [4.78, 5) is 15.9. The fraction of sp³-hybridized carbons (Fsp3) is 0.345. The minimum absolute atomic E-state index is 0.0537. The summed E-state index contributed by atoms with van der Waals surface area (Å²) >= 11 is 0. The lowest BCUT2D eigenvalue weighted by Crippen LogP contribution is -2.47. The van der Waals surface area contributed by atoms with Crippen LogP contribution in [-0.4, -0.2) is 32.8 Å². The van der Waals surface area contributed by atoms with Gasteiger partial charge in [-0.25, -0.2) is 0 Å². The smallest absolute Gasteiger partial charge is 0.460 e. The number of carbonyl (C=O) groups is 1. The second kappa shape index (κ2) is 10.6. The molecular weight excluding hydrogens is 437 g/mol. The molecule has 1 unspecified atom stereocenters. The van der Waals surface area contributed by atoms with Crippen LogP contribution < -0.4 is 19.7 Å². The summed E-state index contributed by atoms with van der Waals surface area (Å²) in [6, 6.07) is 22.3. The Hall–Kier alpha value is -3.25. The Morgan fingerprint density at radius 1 is 0.914 bits per heavy atom. The van der Waals surface area contributed by atoms with Gasteiger partial charge in [0.15, 0.2) is 0 Å². The van der Waals surface area contributed by atoms with Gasteiger partial charge in [0.1, 0.15) is 22.8 Å². The zero-order valence-electron chi connectivity index (χ0n) is 21.3. The molecule has 1 saturated heterocycles. The third-order valence-electron chi connectivity index (χ3n) is 6.88. The summed E-state index contributed by atoms with van der Waals surface area (Å²) < 4.78 is 18.1. The number of benzene rings is 3. The van der Waals surface area contributed by atoms with E-state index in [4.69, 9.17) is 14.1 Å². The Bertz CT molecular complexity index is 1160. The second-order valence-corrected chi connectivity index (χ2v) is 9.10. The highest BCUT2D eigenvalue weighted by Crippen LogP contribution is 2.44. The highest BCUT2D eigenvalue weighted by Gasteiger charge is 2.56. The van der Waals surface area contributed by atoms with Crippen molar-refractivity contribution >= 4 is 24.1 Å². The van der Waals surface area contributed by atoms with Gasteiger partial charge in [-0.05, 0) is 48.5 Å². The van der Waals surface area contributed by atoms with Crippen molar-refractivity contribution in [2.45, 2.75) is 52.1 Å². The number of ether oxygens (including phenoxy) is 2. The van der Waals surface area contributed by atoms with Crippen molar-refractivity contribution in [2.24, 2.45) is 0 Å². The van der Waals surface area contributed by atoms with Gasteiger partial charge >= 0.3 is 7.05 Å². The molecule has 5 nitrogen and oxygen atoms in total. The third kappa shape index (κ3) is 4.67. The Morgan fingerprint density at radius 3 is 2.17 bits per heavy atom. The second-order valence-electron chi connectivity index (χ2n) is 9.10. The summed E-state index contributed by atoms with van der Waals surface area (Å²) in [5.41, 5.74) is 4.03. The maximum Gasteiger partial charge on any atom is 0.460 e. The van der Waals surface area contributed by atoms with Crippen LogP contribution >= 0.6 is 0 Å². The molecule has 1 heterocycles. The normalized spacial score (nSPS) is 17.7. The Labute approximate surface area is 209 Å². The van der Waals surface area contributed by atoms with E-state index in [1.807, 2.05) is 37.3 Å². The zero-order valence-corrected chi connectivity index (χ0v) is 21.3. The number of para-hydroxylation sites is 1. The van der Waals surface area contributed by atoms with Gasteiger partial charge in [-0.15, -0.1) is 0 Å². The number of unbranched alkanes of at least 4 members (excludes halogenated alkanes) is 1. The number of anilines is 1. The minimum Gasteiger partial charge on any atom is -0.494 e. The topological polar surface area (TPSA) is 48.0 Å². The predicted octanol–water partition coefficient (Wildman–Crippen LogP) is 5.78. The van der Waals surface area contributed by atoms with E-state index in [9.17, 15) is 4.79 Å². The lowest BCUT2D eigenvalue weighted by molar-refractivity contribution is -0.130. The molecule has 1 amide bonds. The van der Waals surface area contributed by atoms with Gasteiger partial charge in [0.2, 0.25) is 5.91 Å². The molecule has 0 aliphatic carbocycles. The van der Waals surface area contributed by atoms with Gasteiger partial charge in [-0.1, -0.05) is 86.8 Å². The quantitative estimate of drug-likeness (QED) is 0.372. The maximum absolute atomic E-state index is 14.2. The number of hydrogen-bond donors (Lipinski definition) is 0. The summed E-state index contributed by atoms with van der Waals surface area (Å²) in [6.07, 6.45) is 3.16. The van der Waals surface area contributed by atoms with E-state index in [0.717, 1.165) is 29.4 Å². The van der Waals surface area contributed by atoms with Gasteiger partial charge in [0, 0.05) is 0 Å². The molecule has 4 rings (SSSR count). The first-order valence-electron chi connectivity index (χ1n) is 12.4. The lowest BCUT2D eigenvalue weighted by Gasteiger charge is -2.27. The van der Waals surface area contributed by atoms with Crippen LogP contribution in [0.3, 0.4) is 0 Å². The van der Waals surface area contributed by atoms with E-state index in [0.29, 0.717) is 30.0 Å². The molecule has 0 aromatic heterocycles. The molecule has 3 aromatic carbocycles. The Kier molecular flexibility index (Phi) is 7.51. The number of hydrogen-bond acceptors (Lipinski definition) is 4. The highest BCUT2D eigenvalue weighted by atomic mass is 16.5. The van der Waals surface area contributed by atoms with Crippen LogP contribution in [0, 0.1) is 6.92 Å². The van der Waals surface area contributed by atoms with Crippen LogP contribution in [0.4, 0.5) is 5.69 Å². The summed E-state index contributed by atoms with van der Waals surface area (Å²) in [5, 5.41) is 0. The number of carbonyl (C=O) groups excluding carboxylic acids is 1. The molecule has 1 atom stereocenters. The molecule has 0 saturated carbocycles. The number of amides is 1. The van der Waals surface area contributed by atoms with Crippen molar-refractivity contribution < 1.29 is 18.9 Å². The molecule has 182 valence electrons. The van der Waals surface area contributed by atoms with Crippen molar-refractivity contribution in [3.8, 4) is 22.6 Å². The van der Waals surface area contributed by atoms with Crippen molar-refractivity contribution in [3.63, 3.8) is 0 Å². The summed E-state index contributed by atoms with van der Waals surface area (Å²) in [6.45, 7) is 6.24. The van der Waals surface area contributed by atoms with E-state index < -0.39 is 12.7 Å². The van der Waals surface area contributed by atoms with Crippen LogP contribution in [0.1, 0.15) is 45.1 Å². The molecule has 0 radical (unpaired) electrons. The van der Waals surface area contributed by atoms with E-state index in [-0.39, 0.29) is 5.91 Å². The van der Waals surface area contributed by atoms with E-state index >= 15 is 0 Å². The molecule has 0 N–H and O–H groups in total. The van der Waals surface area contributed by atoms with Gasteiger partial charge in [0.05, 0.1) is 14.2 Å². The first-order valence-corrected chi connectivity index (χ1v) is 12.4. The van der Waals surface area contributed by atoms with Gasteiger partial charge in [-0.3, -0.25) is 4.79 Å². The van der Waals surface area contributed by atoms with Crippen molar-refractivity contribution in [3.05, 3.63) is 72.3 Å². The largest absolute Gasteiger partial charge is 0.494 e. The van der Waals surface area contributed by atoms with Gasteiger partial charge in [-0.2, -0.15) is 0 Å². The average molecular weight is 471 g/mol. The number of rotatable bonds is 9. The lowest BCUT2D eigenvalue weighted by atomic mass is 9.71. The molecule has 1 aliphatic heterocycles. The fourth-order valence-electron chi connectivity index (χ4n) is 4.81. The maximum atomic E-state index is 14.2. The van der Waals surface area contributed by atoms with Crippen LogP contribution in [0.2, 0.25) is 0 Å². The van der Waals surface area contributed by atoms with Crippen molar-refractivity contribution in [1.29, 1.82) is 0 Å². The van der Waals surface area contributed by atoms with Crippen LogP contribution in [-0.2, 0) is 9.45 Å². The molecule has 1 aliphatic rings. The molecular formula is C29H34BNO4. The van der Waals surface area contributed by atoms with Gasteiger partial charge < -0.3 is 18.9 Å². The van der Waals surface area contributed by atoms with Crippen LogP contribution in [0.5, 0.6) is 11.5 Å². The molecule has 3 aromatic rings. The van der Waals surface area contributed by atoms with Gasteiger partial charge in [0.25, 0.3) is 0 Å². The molecule has 35 heavy (non-hydrogen) atoms. The molecule has 6 heteroatoms. The minimum atomic E-state index is -0.896. The van der Waals surface area contributed by atoms with Crippen LogP contribution in [0.25, 0.3) is 11.1 Å². The highest BCUT2D eigenvalue weighted by molar-refractivity contribution is 6.77. The first-order chi connectivity index (χ1) is 17.0. The molecule has 0 bridgehead atoms. The van der Waals surface area contributed by atoms with E-state index in [1.165, 1.54) is 5.56 Å². The summed E-state index contributed by atoms with van der Waals surface area (Å²) in [5.74, 6) is 1.09. The Morgan fingerprint density at radius 2 is 1.57 bits per heavy atom. The summed E-state index contributed by atoms with van der Waals surface area (Å²) in [7, 11) is 2.61. The van der Waals surface area contributed by atoms with Crippen molar-refractivity contribution in [1.82, 2.24) is 0 Å². The fourth-order valence-corrected chi connectivity index (χ4v) is 4.81. The number of aryl methyl sites for hydroxylation is 1. The number of nitrogens with zero attached hydrogens (tertiary/aromatic N) is 1. The molecule has 0 spiro atoms. The average Bonchev–Trinajstić information content (AvgIpc) is 3.19. The van der Waals surface area contributed by atoms with E-state index in [1.54, 1.807) is 19.0 Å². The monoisotopic (exact) mass is 471 g/mol. The first kappa shape index (κ1) is 24.9. The van der Waals surface area contributed by atoms with Crippen molar-refractivity contribution in [2.75, 3.05) is 19.0 Å². The number of methoxy groups -OCH3 is 2. The van der Waals surface area contributed by atoms with E-state index in [2.05, 4.69) is 50.2 Å². The zero-order chi connectivity index (χ0) is 25.0. The standard InChI is InChI=1S/C29H34BNO4/c1-6-8-19-29(7-2)28(32)31(27-25(33-4)13-10-14-26(27)34-5)30(35-29)24-12-9-11-23(20-24)22-17-15-21(3)16-18-22/h9-18,20H,6-8,19H2,1-5H3. The van der Waals surface area contributed by atoms with Crippen LogP contribution in [0.15, 0.2) is 66.7 Å². The Balaban J connectivity index is 1.86. The third-order valence-corrected chi connectivity index (χ3v) is 6.88. The SMILES string of the molecule is CCCCC1(CC)OB(c2cccc(-c3ccc(C)cc3)c2)N(c2c(OC)cccc2OC)C1=O.